The van der Waals surface area contributed by atoms with Crippen LogP contribution in [0, 0.1) is 0 Å². The van der Waals surface area contributed by atoms with E-state index in [1.807, 2.05) is 36.4 Å². The molecule has 1 aromatic heterocycles. The first-order valence-corrected chi connectivity index (χ1v) is 8.06. The van der Waals surface area contributed by atoms with Crippen LogP contribution in [0.15, 0.2) is 52.8 Å². The van der Waals surface area contributed by atoms with Crippen LogP contribution in [-0.2, 0) is 0 Å². The first-order chi connectivity index (χ1) is 11.7. The Morgan fingerprint density at radius 3 is 2.92 bits per heavy atom. The van der Waals surface area contributed by atoms with Crippen LogP contribution in [0.3, 0.4) is 0 Å². The molecule has 1 unspecified atom stereocenters. The minimum absolute atomic E-state index is 0.172. The van der Waals surface area contributed by atoms with E-state index in [9.17, 15) is 4.79 Å². The number of aromatic amines is 2. The number of aromatic nitrogens is 2. The number of ether oxygens (including phenoxy) is 1. The van der Waals surface area contributed by atoms with Gasteiger partial charge in [0.15, 0.2) is 0 Å². The molecule has 0 spiro atoms. The van der Waals surface area contributed by atoms with Gasteiger partial charge in [-0.1, -0.05) is 24.3 Å². The van der Waals surface area contributed by atoms with Crippen molar-refractivity contribution in [3.8, 4) is 5.75 Å². The lowest BCUT2D eigenvalue weighted by molar-refractivity contribution is 0.341. The summed E-state index contributed by atoms with van der Waals surface area (Å²) in [5, 5.41) is 3.52. The lowest BCUT2D eigenvalue weighted by Gasteiger charge is -2.20. The summed E-state index contributed by atoms with van der Waals surface area (Å²) in [6.07, 6.45) is 2.19. The number of benzene rings is 2. The van der Waals surface area contributed by atoms with E-state index in [0.29, 0.717) is 6.61 Å². The zero-order valence-electron chi connectivity index (χ0n) is 13.4. The molecule has 122 valence electrons. The summed E-state index contributed by atoms with van der Waals surface area (Å²) in [7, 11) is 0. The van der Waals surface area contributed by atoms with Crippen LogP contribution in [0.4, 0.5) is 0 Å². The topological polar surface area (TPSA) is 69.9 Å². The smallest absolute Gasteiger partial charge is 0.323 e. The van der Waals surface area contributed by atoms with Crippen molar-refractivity contribution in [2.75, 3.05) is 13.2 Å². The van der Waals surface area contributed by atoms with E-state index in [4.69, 9.17) is 4.74 Å². The van der Waals surface area contributed by atoms with Crippen molar-refractivity contribution in [1.82, 2.24) is 15.3 Å². The molecule has 0 fully saturated rings. The predicted octanol–water partition coefficient (Wildman–Crippen LogP) is 2.98. The van der Waals surface area contributed by atoms with Crippen molar-refractivity contribution in [2.24, 2.45) is 0 Å². The Morgan fingerprint density at radius 2 is 2.00 bits per heavy atom. The number of para-hydroxylation sites is 1. The van der Waals surface area contributed by atoms with Crippen molar-refractivity contribution in [3.63, 3.8) is 0 Å². The fourth-order valence-electron chi connectivity index (χ4n) is 2.99. The molecule has 0 radical (unpaired) electrons. The van der Waals surface area contributed by atoms with Crippen LogP contribution in [0.1, 0.15) is 24.1 Å². The fraction of sp³-hybridized carbons (Fsp3) is 0.211. The first-order valence-electron chi connectivity index (χ1n) is 8.06. The highest BCUT2D eigenvalue weighted by Crippen LogP contribution is 2.25. The van der Waals surface area contributed by atoms with Gasteiger partial charge in [-0.2, -0.15) is 0 Å². The van der Waals surface area contributed by atoms with Crippen molar-refractivity contribution in [1.29, 1.82) is 0 Å². The lowest BCUT2D eigenvalue weighted by atomic mass is 10.1. The highest BCUT2D eigenvalue weighted by Gasteiger charge is 2.12. The zero-order valence-corrected chi connectivity index (χ0v) is 13.4. The lowest BCUT2D eigenvalue weighted by Crippen LogP contribution is -2.24. The quantitative estimate of drug-likeness (QED) is 0.692. The monoisotopic (exact) mass is 321 g/mol. The van der Waals surface area contributed by atoms with Crippen molar-refractivity contribution in [3.05, 3.63) is 69.6 Å². The van der Waals surface area contributed by atoms with Gasteiger partial charge in [0.1, 0.15) is 12.4 Å². The van der Waals surface area contributed by atoms with Gasteiger partial charge in [-0.15, -0.1) is 0 Å². The molecule has 0 saturated heterocycles. The van der Waals surface area contributed by atoms with E-state index in [1.165, 1.54) is 5.57 Å². The average molecular weight is 321 g/mol. The maximum Gasteiger partial charge on any atom is 0.323 e. The van der Waals surface area contributed by atoms with Crippen LogP contribution in [0.2, 0.25) is 0 Å². The summed E-state index contributed by atoms with van der Waals surface area (Å²) in [5.74, 6) is 0.941. The molecular weight excluding hydrogens is 302 g/mol. The fourth-order valence-corrected chi connectivity index (χ4v) is 2.99. The zero-order chi connectivity index (χ0) is 16.5. The molecule has 2 aromatic carbocycles. The highest BCUT2D eigenvalue weighted by molar-refractivity contribution is 5.75. The summed E-state index contributed by atoms with van der Waals surface area (Å²) >= 11 is 0. The van der Waals surface area contributed by atoms with E-state index in [-0.39, 0.29) is 11.7 Å². The van der Waals surface area contributed by atoms with Gasteiger partial charge >= 0.3 is 5.69 Å². The first kappa shape index (κ1) is 14.8. The third-order valence-electron chi connectivity index (χ3n) is 4.37. The van der Waals surface area contributed by atoms with E-state index in [2.05, 4.69) is 34.4 Å². The Hall–Kier alpha value is -2.79. The number of hydrogen-bond donors (Lipinski definition) is 3. The minimum Gasteiger partial charge on any atom is -0.489 e. The van der Waals surface area contributed by atoms with E-state index >= 15 is 0 Å². The Bertz CT molecular complexity index is 968. The molecule has 0 saturated carbocycles. The Labute approximate surface area is 139 Å². The standard InChI is InChI=1S/C19H19N3O2/c1-12(14-6-7-16-17(9-14)22-19(23)21-16)20-10-13-8-15-4-2-3-5-18(15)24-11-13/h2-9,12,20H,10-11H2,1H3,(H2,21,22,23). The summed E-state index contributed by atoms with van der Waals surface area (Å²) < 4.78 is 5.78. The van der Waals surface area contributed by atoms with Gasteiger partial charge in [-0.05, 0) is 42.3 Å². The highest BCUT2D eigenvalue weighted by atomic mass is 16.5. The summed E-state index contributed by atoms with van der Waals surface area (Å²) in [5.41, 5.74) is 4.97. The molecule has 2 heterocycles. The van der Waals surface area contributed by atoms with Gasteiger partial charge < -0.3 is 20.0 Å². The van der Waals surface area contributed by atoms with Crippen molar-refractivity contribution < 1.29 is 4.74 Å². The Kier molecular flexibility index (Phi) is 3.70. The van der Waals surface area contributed by atoms with Gasteiger partial charge in [0.2, 0.25) is 0 Å². The summed E-state index contributed by atoms with van der Waals surface area (Å²) in [4.78, 5) is 16.9. The largest absolute Gasteiger partial charge is 0.489 e. The van der Waals surface area contributed by atoms with Gasteiger partial charge in [0.05, 0.1) is 11.0 Å². The average Bonchev–Trinajstić information content (AvgIpc) is 2.98. The van der Waals surface area contributed by atoms with Gasteiger partial charge in [-0.25, -0.2) is 4.79 Å². The van der Waals surface area contributed by atoms with Gasteiger partial charge in [-0.3, -0.25) is 0 Å². The number of nitrogens with one attached hydrogen (secondary N) is 3. The molecule has 4 rings (SSSR count). The summed E-state index contributed by atoms with van der Waals surface area (Å²) in [6.45, 7) is 3.49. The van der Waals surface area contributed by atoms with Crippen LogP contribution in [0.25, 0.3) is 17.1 Å². The minimum atomic E-state index is -0.175. The number of hydrogen-bond acceptors (Lipinski definition) is 3. The molecule has 1 atom stereocenters. The Morgan fingerprint density at radius 1 is 1.17 bits per heavy atom. The molecule has 5 nitrogen and oxygen atoms in total. The summed E-state index contributed by atoms with van der Waals surface area (Å²) in [6, 6.07) is 14.2. The molecule has 5 heteroatoms. The second-order valence-corrected chi connectivity index (χ2v) is 6.12. The molecule has 1 aliphatic heterocycles. The molecule has 0 amide bonds. The second-order valence-electron chi connectivity index (χ2n) is 6.12. The number of H-pyrrole nitrogens is 2. The van der Waals surface area contributed by atoms with Crippen LogP contribution in [-0.4, -0.2) is 23.1 Å². The van der Waals surface area contributed by atoms with Crippen LogP contribution in [0.5, 0.6) is 5.75 Å². The molecule has 1 aliphatic rings. The third-order valence-corrected chi connectivity index (χ3v) is 4.37. The maximum atomic E-state index is 11.4. The van der Waals surface area contributed by atoms with Gasteiger partial charge in [0, 0.05) is 18.2 Å². The molecule has 24 heavy (non-hydrogen) atoms. The van der Waals surface area contributed by atoms with E-state index in [1.54, 1.807) is 0 Å². The molecule has 0 aliphatic carbocycles. The van der Waals surface area contributed by atoms with Gasteiger partial charge in [0.25, 0.3) is 0 Å². The van der Waals surface area contributed by atoms with Crippen molar-refractivity contribution in [2.45, 2.75) is 13.0 Å². The van der Waals surface area contributed by atoms with E-state index in [0.717, 1.165) is 34.5 Å². The molecule has 0 bridgehead atoms. The Balaban J connectivity index is 1.47. The second kappa shape index (κ2) is 6.02. The van der Waals surface area contributed by atoms with Crippen molar-refractivity contribution >= 4 is 17.1 Å². The number of rotatable bonds is 4. The normalized spacial score (nSPS) is 14.8. The maximum absolute atomic E-state index is 11.4. The van der Waals surface area contributed by atoms with Crippen LogP contribution >= 0.6 is 0 Å². The third kappa shape index (κ3) is 2.86. The van der Waals surface area contributed by atoms with E-state index < -0.39 is 0 Å². The number of fused-ring (bicyclic) bond motifs is 2. The predicted molar refractivity (Wildman–Crippen MR) is 95.3 cm³/mol. The molecule has 3 N–H and O–H groups in total. The van der Waals surface area contributed by atoms with Crippen LogP contribution < -0.4 is 15.7 Å². The SMILES string of the molecule is CC(NCC1=Cc2ccccc2OC1)c1ccc2[nH]c(=O)[nH]c2c1. The number of imidazole rings is 1. The molecule has 3 aromatic rings. The molecular formula is C19H19N3O2.